The molecule has 0 saturated carbocycles. The first-order valence-corrected chi connectivity index (χ1v) is 5.72. The van der Waals surface area contributed by atoms with Crippen LogP contribution in [0.25, 0.3) is 0 Å². The van der Waals surface area contributed by atoms with Crippen molar-refractivity contribution >= 4 is 11.3 Å². The van der Waals surface area contributed by atoms with Crippen molar-refractivity contribution in [1.82, 2.24) is 0 Å². The maximum absolute atomic E-state index is 13.7. The molecule has 16 heavy (non-hydrogen) atoms. The van der Waals surface area contributed by atoms with Gasteiger partial charge in [0, 0.05) is 10.4 Å². The van der Waals surface area contributed by atoms with Crippen molar-refractivity contribution in [2.75, 3.05) is 0 Å². The van der Waals surface area contributed by atoms with E-state index in [1.54, 1.807) is 6.07 Å². The van der Waals surface area contributed by atoms with Crippen LogP contribution in [0.15, 0.2) is 29.6 Å². The normalized spacial score (nSPS) is 12.8. The second kappa shape index (κ2) is 4.31. The van der Waals surface area contributed by atoms with Crippen molar-refractivity contribution in [2.24, 2.45) is 5.73 Å². The molecule has 4 heteroatoms. The van der Waals surface area contributed by atoms with E-state index in [-0.39, 0.29) is 5.56 Å². The second-order valence-electron chi connectivity index (χ2n) is 3.59. The van der Waals surface area contributed by atoms with Crippen molar-refractivity contribution < 1.29 is 8.78 Å². The van der Waals surface area contributed by atoms with Crippen LogP contribution in [-0.2, 0) is 0 Å². The predicted molar refractivity (Wildman–Crippen MR) is 61.4 cm³/mol. The Morgan fingerprint density at radius 1 is 1.19 bits per heavy atom. The van der Waals surface area contributed by atoms with Gasteiger partial charge in [0.25, 0.3) is 0 Å². The molecular weight excluding hydrogens is 228 g/mol. The zero-order valence-electron chi connectivity index (χ0n) is 8.71. The van der Waals surface area contributed by atoms with E-state index in [0.717, 1.165) is 4.88 Å². The number of thiophene rings is 1. The number of hydrogen-bond acceptors (Lipinski definition) is 2. The third-order valence-electron chi connectivity index (χ3n) is 2.49. The maximum atomic E-state index is 13.7. The Hall–Kier alpha value is -1.26. The van der Waals surface area contributed by atoms with E-state index in [0.29, 0.717) is 5.56 Å². The van der Waals surface area contributed by atoms with Gasteiger partial charge in [-0.2, -0.15) is 0 Å². The van der Waals surface area contributed by atoms with Crippen molar-refractivity contribution in [3.63, 3.8) is 0 Å². The van der Waals surface area contributed by atoms with Gasteiger partial charge in [-0.25, -0.2) is 8.78 Å². The molecule has 0 amide bonds. The summed E-state index contributed by atoms with van der Waals surface area (Å²) in [5.41, 5.74) is 6.38. The molecule has 1 aromatic carbocycles. The minimum Gasteiger partial charge on any atom is -0.320 e. The van der Waals surface area contributed by atoms with E-state index in [1.165, 1.54) is 24.3 Å². The molecule has 0 unspecified atom stereocenters. The number of nitrogens with two attached hydrogens (primary N) is 1. The van der Waals surface area contributed by atoms with E-state index in [9.17, 15) is 8.78 Å². The van der Waals surface area contributed by atoms with Gasteiger partial charge in [0.15, 0.2) is 11.6 Å². The summed E-state index contributed by atoms with van der Waals surface area (Å²) in [5.74, 6) is -1.66. The molecule has 2 N–H and O–H groups in total. The molecule has 0 bridgehead atoms. The molecule has 1 atom stereocenters. The van der Waals surface area contributed by atoms with Crippen LogP contribution in [0.3, 0.4) is 0 Å². The average molecular weight is 239 g/mol. The van der Waals surface area contributed by atoms with Crippen LogP contribution in [0.2, 0.25) is 0 Å². The fourth-order valence-electron chi connectivity index (χ4n) is 1.52. The van der Waals surface area contributed by atoms with Gasteiger partial charge < -0.3 is 5.73 Å². The van der Waals surface area contributed by atoms with E-state index in [2.05, 4.69) is 0 Å². The topological polar surface area (TPSA) is 26.0 Å². The number of halogens is 2. The van der Waals surface area contributed by atoms with Crippen molar-refractivity contribution in [3.05, 3.63) is 57.3 Å². The first-order valence-electron chi connectivity index (χ1n) is 4.84. The van der Waals surface area contributed by atoms with E-state index in [4.69, 9.17) is 5.73 Å². The molecule has 1 nitrogen and oxygen atoms in total. The summed E-state index contributed by atoms with van der Waals surface area (Å²) in [7, 11) is 0. The van der Waals surface area contributed by atoms with E-state index in [1.807, 2.05) is 17.5 Å². The van der Waals surface area contributed by atoms with Crippen LogP contribution in [0.5, 0.6) is 0 Å². The summed E-state index contributed by atoms with van der Waals surface area (Å²) in [6.07, 6.45) is 0. The predicted octanol–water partition coefficient (Wildman–Crippen LogP) is 3.38. The SMILES string of the molecule is Cc1ccc([C@H](N)c2cccs2)c(F)c1F. The number of hydrogen-bond donors (Lipinski definition) is 1. The average Bonchev–Trinajstić information content (AvgIpc) is 2.79. The summed E-state index contributed by atoms with van der Waals surface area (Å²) in [4.78, 5) is 0.821. The molecular formula is C12H11F2NS. The van der Waals surface area contributed by atoms with E-state index < -0.39 is 17.7 Å². The Kier molecular flexibility index (Phi) is 3.03. The fourth-order valence-corrected chi connectivity index (χ4v) is 2.27. The molecule has 0 radical (unpaired) electrons. The van der Waals surface area contributed by atoms with Crippen LogP contribution in [0.4, 0.5) is 8.78 Å². The lowest BCUT2D eigenvalue weighted by molar-refractivity contribution is 0.490. The van der Waals surface area contributed by atoms with Crippen LogP contribution < -0.4 is 5.73 Å². The van der Waals surface area contributed by atoms with Gasteiger partial charge >= 0.3 is 0 Å². The molecule has 2 aromatic rings. The smallest absolute Gasteiger partial charge is 0.164 e. The van der Waals surface area contributed by atoms with Crippen LogP contribution in [0.1, 0.15) is 22.0 Å². The van der Waals surface area contributed by atoms with Crippen LogP contribution in [-0.4, -0.2) is 0 Å². The summed E-state index contributed by atoms with van der Waals surface area (Å²) in [6.45, 7) is 1.53. The van der Waals surface area contributed by atoms with Gasteiger partial charge in [-0.15, -0.1) is 11.3 Å². The lowest BCUT2D eigenvalue weighted by Crippen LogP contribution is -2.13. The van der Waals surface area contributed by atoms with Crippen LogP contribution in [0, 0.1) is 18.6 Å². The maximum Gasteiger partial charge on any atom is 0.164 e. The molecule has 1 heterocycles. The lowest BCUT2D eigenvalue weighted by Gasteiger charge is -2.12. The van der Waals surface area contributed by atoms with Crippen molar-refractivity contribution in [3.8, 4) is 0 Å². The third kappa shape index (κ3) is 1.86. The lowest BCUT2D eigenvalue weighted by atomic mass is 10.0. The minimum atomic E-state index is -0.846. The molecule has 0 aliphatic rings. The second-order valence-corrected chi connectivity index (χ2v) is 4.57. The number of benzene rings is 1. The molecule has 0 aliphatic heterocycles. The first kappa shape index (κ1) is 11.2. The molecule has 0 saturated heterocycles. The zero-order chi connectivity index (χ0) is 11.7. The number of rotatable bonds is 2. The molecule has 2 rings (SSSR count). The van der Waals surface area contributed by atoms with Crippen molar-refractivity contribution in [2.45, 2.75) is 13.0 Å². The molecule has 1 aromatic heterocycles. The Labute approximate surface area is 96.5 Å². The van der Waals surface area contributed by atoms with Gasteiger partial charge in [0.1, 0.15) is 0 Å². The zero-order valence-corrected chi connectivity index (χ0v) is 9.52. The molecule has 0 aliphatic carbocycles. The van der Waals surface area contributed by atoms with Gasteiger partial charge in [-0.1, -0.05) is 18.2 Å². The standard InChI is InChI=1S/C12H11F2NS/c1-7-4-5-8(11(14)10(7)13)12(15)9-3-2-6-16-9/h2-6,12H,15H2,1H3/t12-/m0/s1. The quantitative estimate of drug-likeness (QED) is 0.854. The Morgan fingerprint density at radius 3 is 2.56 bits per heavy atom. The van der Waals surface area contributed by atoms with Gasteiger partial charge in [0.05, 0.1) is 6.04 Å². The Balaban J connectivity index is 2.45. The van der Waals surface area contributed by atoms with Crippen molar-refractivity contribution in [1.29, 1.82) is 0 Å². The Bertz CT molecular complexity index is 494. The summed E-state index contributed by atoms with van der Waals surface area (Å²) < 4.78 is 27.0. The highest BCUT2D eigenvalue weighted by Gasteiger charge is 2.18. The van der Waals surface area contributed by atoms with Gasteiger partial charge in [-0.05, 0) is 23.9 Å². The Morgan fingerprint density at radius 2 is 1.94 bits per heavy atom. The minimum absolute atomic E-state index is 0.200. The fraction of sp³-hybridized carbons (Fsp3) is 0.167. The largest absolute Gasteiger partial charge is 0.320 e. The summed E-state index contributed by atoms with van der Waals surface area (Å²) >= 11 is 1.43. The van der Waals surface area contributed by atoms with Gasteiger partial charge in [-0.3, -0.25) is 0 Å². The molecule has 84 valence electrons. The monoisotopic (exact) mass is 239 g/mol. The van der Waals surface area contributed by atoms with Crippen LogP contribution >= 0.6 is 11.3 Å². The molecule has 0 spiro atoms. The highest BCUT2D eigenvalue weighted by Crippen LogP contribution is 2.27. The first-order chi connectivity index (χ1) is 7.61. The molecule has 0 fully saturated rings. The highest BCUT2D eigenvalue weighted by molar-refractivity contribution is 7.10. The highest BCUT2D eigenvalue weighted by atomic mass is 32.1. The van der Waals surface area contributed by atoms with E-state index >= 15 is 0 Å². The summed E-state index contributed by atoms with van der Waals surface area (Å²) in [5, 5.41) is 1.86. The summed E-state index contributed by atoms with van der Waals surface area (Å²) in [6, 6.07) is 6.13. The third-order valence-corrected chi connectivity index (χ3v) is 3.45. The van der Waals surface area contributed by atoms with Gasteiger partial charge in [0.2, 0.25) is 0 Å². The number of aryl methyl sites for hydroxylation is 1.